The molecule has 0 radical (unpaired) electrons. The fourth-order valence-corrected chi connectivity index (χ4v) is 6.71. The largest absolute Gasteiger partial charge is 0.439 e. The number of thiazole rings is 1. The van der Waals surface area contributed by atoms with Gasteiger partial charge in [0.1, 0.15) is 10.8 Å². The second-order valence-electron chi connectivity index (χ2n) is 12.6. The van der Waals surface area contributed by atoms with Gasteiger partial charge in [-0.05, 0) is 95.4 Å². The fraction of sp³-hybridized carbons (Fsp3) is 0.122. The molecule has 0 saturated heterocycles. The molecule has 0 aliphatic carbocycles. The quantitative estimate of drug-likeness (QED) is 0.166. The smallest absolute Gasteiger partial charge is 0.219 e. The summed E-state index contributed by atoms with van der Waals surface area (Å²) in [6.07, 6.45) is 1.72. The Kier molecular flexibility index (Phi) is 8.85. The summed E-state index contributed by atoms with van der Waals surface area (Å²) in [5.41, 5.74) is 8.03. The van der Waals surface area contributed by atoms with Gasteiger partial charge in [-0.25, -0.2) is 9.97 Å². The summed E-state index contributed by atoms with van der Waals surface area (Å²) < 4.78 is 7.18. The molecule has 238 valence electrons. The third-order valence-corrected chi connectivity index (χ3v) is 9.59. The molecule has 0 bridgehead atoms. The summed E-state index contributed by atoms with van der Waals surface area (Å²) in [7, 11) is 0. The number of aromatic nitrogens is 2. The number of halogens is 1. The molecule has 2 aromatic heterocycles. The van der Waals surface area contributed by atoms with Gasteiger partial charge in [-0.3, -0.25) is 0 Å². The zero-order valence-electron chi connectivity index (χ0n) is 27.0. The van der Waals surface area contributed by atoms with Crippen LogP contribution < -0.4 is 15.0 Å². The fourth-order valence-electron chi connectivity index (χ4n) is 5.48. The van der Waals surface area contributed by atoms with Crippen molar-refractivity contribution in [2.45, 2.75) is 32.7 Å². The topological polar surface area (TPSA) is 50.3 Å². The minimum absolute atomic E-state index is 0.120. The second kappa shape index (κ2) is 13.5. The Hall–Kier alpha value is -5.17. The molecule has 0 saturated carbocycles. The van der Waals surface area contributed by atoms with Gasteiger partial charge in [0.2, 0.25) is 5.88 Å². The van der Waals surface area contributed by atoms with E-state index >= 15 is 0 Å². The summed E-state index contributed by atoms with van der Waals surface area (Å²) >= 11 is 9.06. The summed E-state index contributed by atoms with van der Waals surface area (Å²) in [6.45, 7) is 7.30. The molecule has 1 N–H and O–H groups in total. The highest BCUT2D eigenvalue weighted by atomic mass is 35.5. The summed E-state index contributed by atoms with van der Waals surface area (Å²) in [5, 5.41) is 5.28. The van der Waals surface area contributed by atoms with E-state index in [1.165, 1.54) is 15.8 Å². The summed E-state index contributed by atoms with van der Waals surface area (Å²) in [5.74, 6) is 1.26. The average molecular weight is 667 g/mol. The Morgan fingerprint density at radius 3 is 2.23 bits per heavy atom. The Morgan fingerprint density at radius 1 is 0.792 bits per heavy atom. The number of nitrogens with zero attached hydrogens (tertiary/aromatic N) is 3. The highest BCUT2D eigenvalue weighted by Crippen LogP contribution is 2.43. The molecule has 5 nitrogen and oxygen atoms in total. The van der Waals surface area contributed by atoms with E-state index in [0.717, 1.165) is 38.8 Å². The first-order valence-corrected chi connectivity index (χ1v) is 17.1. The van der Waals surface area contributed by atoms with Gasteiger partial charge in [-0.15, -0.1) is 11.3 Å². The van der Waals surface area contributed by atoms with E-state index in [9.17, 15) is 0 Å². The van der Waals surface area contributed by atoms with Crippen molar-refractivity contribution in [2.24, 2.45) is 0 Å². The molecule has 0 unspecified atom stereocenters. The van der Waals surface area contributed by atoms with E-state index < -0.39 is 0 Å². The molecule has 7 heteroatoms. The number of ether oxygens (including phenoxy) is 1. The van der Waals surface area contributed by atoms with Crippen LogP contribution in [-0.2, 0) is 12.0 Å². The molecule has 0 fully saturated rings. The summed E-state index contributed by atoms with van der Waals surface area (Å²) in [4.78, 5) is 11.4. The zero-order valence-corrected chi connectivity index (χ0v) is 28.6. The SMILES string of the molecule is CC(C)(C)c1cc(Nc2ccc(-c3nc4ccccc4s3)cc2)c(Cl)c(N(Cc2ccccc2)c2ccc(Oc3ccccn3)cc2)c1. The Balaban J connectivity index is 1.24. The maximum atomic E-state index is 7.36. The van der Waals surface area contributed by atoms with Crippen LogP contribution in [0, 0.1) is 0 Å². The maximum Gasteiger partial charge on any atom is 0.219 e. The number of hydrogen-bond donors (Lipinski definition) is 1. The Labute approximate surface area is 290 Å². The van der Waals surface area contributed by atoms with Crippen LogP contribution in [0.3, 0.4) is 0 Å². The first-order valence-electron chi connectivity index (χ1n) is 15.9. The van der Waals surface area contributed by atoms with Crippen molar-refractivity contribution in [1.82, 2.24) is 9.97 Å². The van der Waals surface area contributed by atoms with E-state index in [1.807, 2.05) is 42.5 Å². The molecule has 0 atom stereocenters. The van der Waals surface area contributed by atoms with Gasteiger partial charge in [-0.2, -0.15) is 0 Å². The molecular weight excluding hydrogens is 632 g/mol. The number of hydrogen-bond acceptors (Lipinski definition) is 6. The highest BCUT2D eigenvalue weighted by molar-refractivity contribution is 7.21. The lowest BCUT2D eigenvalue weighted by atomic mass is 9.86. The van der Waals surface area contributed by atoms with Crippen LogP contribution in [0.25, 0.3) is 20.8 Å². The standard InChI is InChI=1S/C41H35ClN4OS/c1-41(2,3)30-25-35(44-31-18-16-29(17-19-31)40-45-34-13-7-8-14-37(34)48-40)39(42)36(26-30)46(27-28-11-5-4-6-12-28)32-20-22-33(23-21-32)47-38-15-9-10-24-43-38/h4-26,44H,27H2,1-3H3. The molecule has 5 aromatic carbocycles. The zero-order chi connectivity index (χ0) is 33.1. The van der Waals surface area contributed by atoms with Crippen molar-refractivity contribution in [3.63, 3.8) is 0 Å². The lowest BCUT2D eigenvalue weighted by Crippen LogP contribution is -2.19. The van der Waals surface area contributed by atoms with Crippen LogP contribution in [0.4, 0.5) is 22.7 Å². The molecule has 2 heterocycles. The van der Waals surface area contributed by atoms with Crippen molar-refractivity contribution in [1.29, 1.82) is 0 Å². The van der Waals surface area contributed by atoms with Crippen LogP contribution in [0.1, 0.15) is 31.9 Å². The molecule has 0 spiro atoms. The van der Waals surface area contributed by atoms with Crippen molar-refractivity contribution >= 4 is 55.9 Å². The van der Waals surface area contributed by atoms with E-state index in [4.69, 9.17) is 21.3 Å². The van der Waals surface area contributed by atoms with Crippen LogP contribution >= 0.6 is 22.9 Å². The Bertz CT molecular complexity index is 2110. The van der Waals surface area contributed by atoms with Gasteiger partial charge in [0.25, 0.3) is 0 Å². The number of para-hydroxylation sites is 1. The molecule has 7 rings (SSSR count). The van der Waals surface area contributed by atoms with Crippen LogP contribution in [-0.4, -0.2) is 9.97 Å². The van der Waals surface area contributed by atoms with E-state index in [-0.39, 0.29) is 5.41 Å². The van der Waals surface area contributed by atoms with Gasteiger partial charge >= 0.3 is 0 Å². The van der Waals surface area contributed by atoms with Crippen LogP contribution in [0.2, 0.25) is 5.02 Å². The predicted octanol–water partition coefficient (Wildman–Crippen LogP) is 12.2. The van der Waals surface area contributed by atoms with Crippen molar-refractivity contribution in [2.75, 3.05) is 10.2 Å². The summed E-state index contributed by atoms with van der Waals surface area (Å²) in [6, 6.07) is 45.1. The molecule has 7 aromatic rings. The van der Waals surface area contributed by atoms with E-state index in [2.05, 4.69) is 127 Å². The normalized spacial score (nSPS) is 11.4. The average Bonchev–Trinajstić information content (AvgIpc) is 3.54. The lowest BCUT2D eigenvalue weighted by Gasteiger charge is -2.30. The number of benzene rings is 5. The number of rotatable bonds is 9. The minimum atomic E-state index is -0.120. The maximum absolute atomic E-state index is 7.36. The van der Waals surface area contributed by atoms with Gasteiger partial charge in [0.15, 0.2) is 0 Å². The third-order valence-electron chi connectivity index (χ3n) is 8.11. The first kappa shape index (κ1) is 31.4. The van der Waals surface area contributed by atoms with Gasteiger partial charge in [0.05, 0.1) is 26.6 Å². The van der Waals surface area contributed by atoms with E-state index in [1.54, 1.807) is 17.5 Å². The minimum Gasteiger partial charge on any atom is -0.439 e. The third kappa shape index (κ3) is 7.05. The number of pyridine rings is 1. The van der Waals surface area contributed by atoms with Gasteiger partial charge < -0.3 is 15.0 Å². The second-order valence-corrected chi connectivity index (χ2v) is 14.0. The molecular formula is C41H35ClN4OS. The lowest BCUT2D eigenvalue weighted by molar-refractivity contribution is 0.463. The van der Waals surface area contributed by atoms with Gasteiger partial charge in [0, 0.05) is 35.7 Å². The molecule has 0 amide bonds. The van der Waals surface area contributed by atoms with Crippen molar-refractivity contribution < 1.29 is 4.74 Å². The van der Waals surface area contributed by atoms with E-state index in [0.29, 0.717) is 23.2 Å². The number of nitrogens with one attached hydrogen (secondary N) is 1. The van der Waals surface area contributed by atoms with Crippen molar-refractivity contribution in [3.05, 3.63) is 156 Å². The number of anilines is 4. The number of fused-ring (bicyclic) bond motifs is 1. The first-order chi connectivity index (χ1) is 23.3. The van der Waals surface area contributed by atoms with Gasteiger partial charge in [-0.1, -0.05) is 80.9 Å². The van der Waals surface area contributed by atoms with Crippen LogP contribution in [0.5, 0.6) is 11.6 Å². The predicted molar refractivity (Wildman–Crippen MR) is 202 cm³/mol. The Morgan fingerprint density at radius 2 is 1.52 bits per heavy atom. The highest BCUT2D eigenvalue weighted by Gasteiger charge is 2.23. The monoisotopic (exact) mass is 666 g/mol. The molecule has 0 aliphatic heterocycles. The van der Waals surface area contributed by atoms with Crippen LogP contribution in [0.15, 0.2) is 140 Å². The molecule has 48 heavy (non-hydrogen) atoms. The van der Waals surface area contributed by atoms with Crippen molar-refractivity contribution in [3.8, 4) is 22.2 Å². The molecule has 0 aliphatic rings.